The summed E-state index contributed by atoms with van der Waals surface area (Å²) in [6, 6.07) is 9.38. The highest BCUT2D eigenvalue weighted by Crippen LogP contribution is 2.30. The van der Waals surface area contributed by atoms with Crippen LogP contribution in [0.1, 0.15) is 11.1 Å². The molecule has 0 fully saturated rings. The van der Waals surface area contributed by atoms with E-state index >= 15 is 0 Å². The number of hydrogen-bond donors (Lipinski definition) is 2. The van der Waals surface area contributed by atoms with E-state index in [2.05, 4.69) is 10.6 Å². The molecular formula is C17H19N3O5. The maximum Gasteiger partial charge on any atom is 0.319 e. The molecule has 8 nitrogen and oxygen atoms in total. The van der Waals surface area contributed by atoms with E-state index in [0.29, 0.717) is 22.7 Å². The molecule has 2 rings (SSSR count). The molecule has 0 heterocycles. The number of anilines is 1. The fraction of sp³-hybridized carbons (Fsp3) is 0.235. The van der Waals surface area contributed by atoms with Crippen molar-refractivity contribution >= 4 is 17.4 Å². The summed E-state index contributed by atoms with van der Waals surface area (Å²) >= 11 is 0. The molecule has 2 amide bonds. The van der Waals surface area contributed by atoms with Crippen molar-refractivity contribution in [2.24, 2.45) is 0 Å². The third kappa shape index (κ3) is 4.37. The maximum atomic E-state index is 12.0. The van der Waals surface area contributed by atoms with Crippen LogP contribution in [-0.4, -0.2) is 25.2 Å². The number of rotatable bonds is 6. The van der Waals surface area contributed by atoms with E-state index in [1.54, 1.807) is 37.3 Å². The molecule has 25 heavy (non-hydrogen) atoms. The van der Waals surface area contributed by atoms with Crippen LogP contribution in [0, 0.1) is 17.0 Å². The summed E-state index contributed by atoms with van der Waals surface area (Å²) in [7, 11) is 3.05. The van der Waals surface area contributed by atoms with Gasteiger partial charge in [0.05, 0.1) is 19.1 Å². The van der Waals surface area contributed by atoms with E-state index in [4.69, 9.17) is 9.47 Å². The first kappa shape index (κ1) is 18.1. The average Bonchev–Trinajstić information content (AvgIpc) is 2.60. The van der Waals surface area contributed by atoms with Crippen LogP contribution in [0.4, 0.5) is 16.2 Å². The van der Waals surface area contributed by atoms with Gasteiger partial charge in [0.1, 0.15) is 0 Å². The van der Waals surface area contributed by atoms with Gasteiger partial charge in [0.2, 0.25) is 0 Å². The molecule has 2 aromatic rings. The molecule has 0 unspecified atom stereocenters. The van der Waals surface area contributed by atoms with Gasteiger partial charge >= 0.3 is 6.03 Å². The first-order valence-electron chi connectivity index (χ1n) is 7.46. The predicted molar refractivity (Wildman–Crippen MR) is 93.2 cm³/mol. The summed E-state index contributed by atoms with van der Waals surface area (Å²) in [4.78, 5) is 22.5. The first-order valence-corrected chi connectivity index (χ1v) is 7.46. The Hall–Kier alpha value is -3.29. The van der Waals surface area contributed by atoms with Crippen molar-refractivity contribution in [3.05, 3.63) is 57.6 Å². The summed E-state index contributed by atoms with van der Waals surface area (Å²) in [5.41, 5.74) is 1.56. The Morgan fingerprint density at radius 1 is 1.20 bits per heavy atom. The number of methoxy groups -OCH3 is 2. The Morgan fingerprint density at radius 2 is 1.96 bits per heavy atom. The molecule has 2 aromatic carbocycles. The lowest BCUT2D eigenvalue weighted by molar-refractivity contribution is -0.385. The topological polar surface area (TPSA) is 103 Å². The second-order valence-electron chi connectivity index (χ2n) is 5.22. The van der Waals surface area contributed by atoms with Crippen molar-refractivity contribution in [1.82, 2.24) is 5.32 Å². The molecule has 0 aliphatic carbocycles. The summed E-state index contributed by atoms with van der Waals surface area (Å²) in [6.07, 6.45) is 0. The summed E-state index contributed by atoms with van der Waals surface area (Å²) in [6.45, 7) is 1.84. The largest absolute Gasteiger partial charge is 0.493 e. The number of nitro benzene ring substituents is 1. The number of hydrogen-bond acceptors (Lipinski definition) is 5. The second-order valence-corrected chi connectivity index (χ2v) is 5.22. The van der Waals surface area contributed by atoms with Gasteiger partial charge in [0.15, 0.2) is 11.5 Å². The minimum atomic E-state index is -0.487. The van der Waals surface area contributed by atoms with Crippen LogP contribution in [0.25, 0.3) is 0 Å². The Labute approximate surface area is 144 Å². The van der Waals surface area contributed by atoms with E-state index in [9.17, 15) is 14.9 Å². The van der Waals surface area contributed by atoms with Crippen LogP contribution >= 0.6 is 0 Å². The molecule has 132 valence electrons. The highest BCUT2D eigenvalue weighted by atomic mass is 16.6. The highest BCUT2D eigenvalue weighted by Gasteiger charge is 2.13. The van der Waals surface area contributed by atoms with Crippen LogP contribution in [0.2, 0.25) is 0 Å². The van der Waals surface area contributed by atoms with E-state index in [0.717, 1.165) is 5.56 Å². The van der Waals surface area contributed by atoms with Crippen LogP contribution in [0.5, 0.6) is 11.5 Å². The Balaban J connectivity index is 2.05. The molecule has 0 saturated heterocycles. The fourth-order valence-electron chi connectivity index (χ4n) is 2.33. The molecule has 2 N–H and O–H groups in total. The van der Waals surface area contributed by atoms with Gasteiger partial charge in [-0.2, -0.15) is 0 Å². The van der Waals surface area contributed by atoms with Crippen LogP contribution < -0.4 is 20.1 Å². The number of benzene rings is 2. The number of urea groups is 1. The average molecular weight is 345 g/mol. The summed E-state index contributed by atoms with van der Waals surface area (Å²) in [5, 5.41) is 16.2. The number of aryl methyl sites for hydroxylation is 1. The van der Waals surface area contributed by atoms with Crippen molar-refractivity contribution in [3.63, 3.8) is 0 Å². The highest BCUT2D eigenvalue weighted by molar-refractivity contribution is 5.89. The first-order chi connectivity index (χ1) is 12.0. The third-order valence-corrected chi connectivity index (χ3v) is 3.59. The molecule has 0 aliphatic heterocycles. The van der Waals surface area contributed by atoms with Crippen LogP contribution in [-0.2, 0) is 6.54 Å². The van der Waals surface area contributed by atoms with Gasteiger partial charge in [-0.3, -0.25) is 10.1 Å². The van der Waals surface area contributed by atoms with E-state index in [1.165, 1.54) is 20.3 Å². The molecule has 0 atom stereocenters. The molecular weight excluding hydrogens is 326 g/mol. The number of nitrogens with one attached hydrogen (secondary N) is 2. The Kier molecular flexibility index (Phi) is 5.78. The van der Waals surface area contributed by atoms with Gasteiger partial charge in [-0.1, -0.05) is 18.2 Å². The summed E-state index contributed by atoms with van der Waals surface area (Å²) in [5.74, 6) is 1.10. The predicted octanol–water partition coefficient (Wildman–Crippen LogP) is 3.24. The number of amides is 2. The van der Waals surface area contributed by atoms with Gasteiger partial charge in [0, 0.05) is 29.4 Å². The van der Waals surface area contributed by atoms with Crippen LogP contribution in [0.3, 0.4) is 0 Å². The van der Waals surface area contributed by atoms with Crippen molar-refractivity contribution in [3.8, 4) is 11.5 Å². The molecule has 0 aliphatic rings. The zero-order valence-electron chi connectivity index (χ0n) is 14.2. The quantitative estimate of drug-likeness (QED) is 0.618. The molecule has 0 saturated carbocycles. The lowest BCUT2D eigenvalue weighted by Crippen LogP contribution is -2.28. The summed E-state index contributed by atoms with van der Waals surface area (Å²) < 4.78 is 10.5. The standard InChI is InChI=1S/C17H19N3O5/c1-11-7-8-13(9-14(11)20(22)23)19-17(21)18-10-12-5-4-6-15(24-2)16(12)25-3/h4-9H,10H2,1-3H3,(H2,18,19,21). The third-order valence-electron chi connectivity index (χ3n) is 3.59. The van der Waals surface area contributed by atoms with E-state index in [1.807, 2.05) is 0 Å². The van der Waals surface area contributed by atoms with Gasteiger partial charge < -0.3 is 20.1 Å². The SMILES string of the molecule is COc1cccc(CNC(=O)Nc2ccc(C)c([N+](=O)[O-])c2)c1OC. The minimum Gasteiger partial charge on any atom is -0.493 e. The fourth-order valence-corrected chi connectivity index (χ4v) is 2.33. The smallest absolute Gasteiger partial charge is 0.319 e. The Bertz CT molecular complexity index is 792. The zero-order chi connectivity index (χ0) is 18.4. The van der Waals surface area contributed by atoms with Gasteiger partial charge in [-0.05, 0) is 19.1 Å². The van der Waals surface area contributed by atoms with Crippen molar-refractivity contribution < 1.29 is 19.2 Å². The number of ether oxygens (including phenoxy) is 2. The lowest BCUT2D eigenvalue weighted by atomic mass is 10.2. The minimum absolute atomic E-state index is 0.0488. The molecule has 0 radical (unpaired) electrons. The molecule has 0 spiro atoms. The van der Waals surface area contributed by atoms with Crippen molar-refractivity contribution in [2.45, 2.75) is 13.5 Å². The Morgan fingerprint density at radius 3 is 2.60 bits per heavy atom. The number of carbonyl (C=O) groups excluding carboxylic acids is 1. The number of carbonyl (C=O) groups is 1. The number of nitro groups is 1. The maximum absolute atomic E-state index is 12.0. The van der Waals surface area contributed by atoms with Crippen molar-refractivity contribution in [1.29, 1.82) is 0 Å². The van der Waals surface area contributed by atoms with Gasteiger partial charge in [-0.15, -0.1) is 0 Å². The number of para-hydroxylation sites is 1. The van der Waals surface area contributed by atoms with E-state index in [-0.39, 0.29) is 12.2 Å². The molecule has 0 aromatic heterocycles. The normalized spacial score (nSPS) is 10.0. The van der Waals surface area contributed by atoms with E-state index < -0.39 is 11.0 Å². The zero-order valence-corrected chi connectivity index (χ0v) is 14.2. The molecule has 0 bridgehead atoms. The monoisotopic (exact) mass is 345 g/mol. The van der Waals surface area contributed by atoms with Crippen molar-refractivity contribution in [2.75, 3.05) is 19.5 Å². The molecule has 8 heteroatoms. The van der Waals surface area contributed by atoms with Gasteiger partial charge in [0.25, 0.3) is 5.69 Å². The second kappa shape index (κ2) is 8.00. The lowest BCUT2D eigenvalue weighted by Gasteiger charge is -2.13. The van der Waals surface area contributed by atoms with Gasteiger partial charge in [-0.25, -0.2) is 4.79 Å². The number of nitrogens with zero attached hydrogens (tertiary/aromatic N) is 1. The van der Waals surface area contributed by atoms with Crippen LogP contribution in [0.15, 0.2) is 36.4 Å².